The molecule has 154 valence electrons. The lowest BCUT2D eigenvalue weighted by atomic mass is 9.78. The number of aromatic hydroxyl groups is 1. The molecule has 0 unspecified atom stereocenters. The summed E-state index contributed by atoms with van der Waals surface area (Å²) in [4.78, 5) is 0.336. The Morgan fingerprint density at radius 3 is 1.97 bits per heavy atom. The van der Waals surface area contributed by atoms with Crippen LogP contribution in [0.15, 0.2) is 40.8 Å². The summed E-state index contributed by atoms with van der Waals surface area (Å²) in [6.45, 7) is 15.2. The molecular weight excluding hydrogens is 380 g/mol. The maximum atomic E-state index is 10.9. The molecule has 0 spiro atoms. The van der Waals surface area contributed by atoms with Gasteiger partial charge in [-0.1, -0.05) is 59.2 Å². The first-order chi connectivity index (χ1) is 13.4. The van der Waals surface area contributed by atoms with Crippen molar-refractivity contribution in [1.82, 2.24) is 9.78 Å². The zero-order valence-corrected chi connectivity index (χ0v) is 19.1. The first-order valence-electron chi connectivity index (χ1n) is 9.88. The van der Waals surface area contributed by atoms with Crippen molar-refractivity contribution in [3.63, 3.8) is 0 Å². The molecule has 1 heterocycles. The van der Waals surface area contributed by atoms with Gasteiger partial charge in [-0.3, -0.25) is 0 Å². The molecule has 4 nitrogen and oxygen atoms in total. The molecule has 0 saturated heterocycles. The van der Waals surface area contributed by atoms with Gasteiger partial charge in [0.05, 0.1) is 6.54 Å². The summed E-state index contributed by atoms with van der Waals surface area (Å²) in [6.07, 6.45) is 0. The predicted molar refractivity (Wildman–Crippen MR) is 120 cm³/mol. The average Bonchev–Trinajstić information content (AvgIpc) is 2.95. The van der Waals surface area contributed by atoms with Gasteiger partial charge in [0.1, 0.15) is 5.75 Å². The SMILES string of the molecule is Cc1ccc(-c2nn(Cc3cc(C(C)(C)C)c(O)c(C(C)(C)C)c3)c(=S)o2)cc1. The lowest BCUT2D eigenvalue weighted by Gasteiger charge is -2.28. The van der Waals surface area contributed by atoms with E-state index in [0.717, 1.165) is 22.3 Å². The lowest BCUT2D eigenvalue weighted by Crippen LogP contribution is -2.18. The van der Waals surface area contributed by atoms with E-state index in [1.54, 1.807) is 4.68 Å². The first-order valence-corrected chi connectivity index (χ1v) is 10.3. The number of aromatic nitrogens is 2. The Bertz CT molecular complexity index is 1040. The van der Waals surface area contributed by atoms with Crippen LogP contribution >= 0.6 is 12.2 Å². The summed E-state index contributed by atoms with van der Waals surface area (Å²) in [6, 6.07) is 12.1. The molecule has 0 aliphatic carbocycles. The molecule has 5 heteroatoms. The summed E-state index contributed by atoms with van der Waals surface area (Å²) < 4.78 is 7.45. The zero-order chi connectivity index (χ0) is 21.6. The quantitative estimate of drug-likeness (QED) is 0.499. The highest BCUT2D eigenvalue weighted by Crippen LogP contribution is 2.40. The monoisotopic (exact) mass is 410 g/mol. The molecule has 1 aromatic heterocycles. The highest BCUT2D eigenvalue weighted by Gasteiger charge is 2.26. The normalized spacial score (nSPS) is 12.4. The van der Waals surface area contributed by atoms with Gasteiger partial charge in [-0.05, 0) is 70.9 Å². The minimum atomic E-state index is -0.182. The van der Waals surface area contributed by atoms with Crippen LogP contribution in [0.4, 0.5) is 0 Å². The van der Waals surface area contributed by atoms with Crippen molar-refractivity contribution in [1.29, 1.82) is 0 Å². The Kier molecular flexibility index (Phi) is 5.48. The maximum Gasteiger partial charge on any atom is 0.287 e. The van der Waals surface area contributed by atoms with E-state index >= 15 is 0 Å². The van der Waals surface area contributed by atoms with Crippen LogP contribution < -0.4 is 0 Å². The molecule has 0 bridgehead atoms. The molecule has 0 fully saturated rings. The second-order valence-electron chi connectivity index (χ2n) is 9.74. The van der Waals surface area contributed by atoms with Gasteiger partial charge in [-0.15, -0.1) is 5.10 Å². The standard InChI is InChI=1S/C24H30N2O2S/c1-15-8-10-17(11-9-15)21-25-26(22(29)28-21)14-16-12-18(23(2,3)4)20(27)19(13-16)24(5,6)7/h8-13,27H,14H2,1-7H3. The smallest absolute Gasteiger partial charge is 0.287 e. The van der Waals surface area contributed by atoms with Crippen molar-refractivity contribution < 1.29 is 9.52 Å². The van der Waals surface area contributed by atoms with Gasteiger partial charge in [-0.2, -0.15) is 0 Å². The summed E-state index contributed by atoms with van der Waals surface area (Å²) >= 11 is 5.42. The zero-order valence-electron chi connectivity index (χ0n) is 18.3. The summed E-state index contributed by atoms with van der Waals surface area (Å²) in [5.41, 5.74) is 4.61. The molecule has 2 aromatic carbocycles. The summed E-state index contributed by atoms with van der Waals surface area (Å²) in [5, 5.41) is 15.5. The fraction of sp³-hybridized carbons (Fsp3) is 0.417. The van der Waals surface area contributed by atoms with E-state index in [2.05, 4.69) is 46.6 Å². The third kappa shape index (κ3) is 4.61. The minimum absolute atomic E-state index is 0.182. The number of nitrogens with zero attached hydrogens (tertiary/aromatic N) is 2. The molecule has 0 radical (unpaired) electrons. The number of rotatable bonds is 3. The number of phenolic OH excluding ortho intramolecular Hbond substituents is 1. The summed E-state index contributed by atoms with van der Waals surface area (Å²) in [7, 11) is 0. The van der Waals surface area contributed by atoms with Crippen LogP contribution in [-0.2, 0) is 17.4 Å². The number of hydrogen-bond acceptors (Lipinski definition) is 4. The second kappa shape index (κ2) is 7.45. The minimum Gasteiger partial charge on any atom is -0.507 e. The van der Waals surface area contributed by atoms with Crippen molar-refractivity contribution in [3.8, 4) is 17.2 Å². The van der Waals surface area contributed by atoms with Crippen LogP contribution in [0.5, 0.6) is 5.75 Å². The number of hydrogen-bond donors (Lipinski definition) is 1. The van der Waals surface area contributed by atoms with Crippen molar-refractivity contribution in [3.05, 3.63) is 63.5 Å². The van der Waals surface area contributed by atoms with Crippen LogP contribution in [-0.4, -0.2) is 14.9 Å². The number of benzene rings is 2. The molecule has 0 atom stereocenters. The molecular formula is C24H30N2O2S. The first kappa shape index (κ1) is 21.3. The van der Waals surface area contributed by atoms with Crippen molar-refractivity contribution in [2.75, 3.05) is 0 Å². The molecule has 29 heavy (non-hydrogen) atoms. The average molecular weight is 411 g/mol. The topological polar surface area (TPSA) is 51.2 Å². The lowest BCUT2D eigenvalue weighted by molar-refractivity contribution is 0.422. The Labute approximate surface area is 178 Å². The fourth-order valence-corrected chi connectivity index (χ4v) is 3.51. The molecule has 0 amide bonds. The van der Waals surface area contributed by atoms with E-state index < -0.39 is 0 Å². The fourth-order valence-electron chi connectivity index (χ4n) is 3.32. The van der Waals surface area contributed by atoms with Gasteiger partial charge in [0.15, 0.2) is 0 Å². The van der Waals surface area contributed by atoms with E-state index in [1.807, 2.05) is 43.3 Å². The molecule has 3 rings (SSSR count). The van der Waals surface area contributed by atoms with Crippen LogP contribution in [0.3, 0.4) is 0 Å². The van der Waals surface area contributed by atoms with Crippen molar-refractivity contribution in [2.45, 2.75) is 65.8 Å². The highest BCUT2D eigenvalue weighted by atomic mass is 32.1. The van der Waals surface area contributed by atoms with Gasteiger partial charge in [0.25, 0.3) is 4.84 Å². The number of aryl methyl sites for hydroxylation is 1. The van der Waals surface area contributed by atoms with E-state index in [1.165, 1.54) is 5.56 Å². The second-order valence-corrected chi connectivity index (χ2v) is 10.1. The predicted octanol–water partition coefficient (Wildman–Crippen LogP) is 6.53. The third-order valence-corrected chi connectivity index (χ3v) is 5.32. The Morgan fingerprint density at radius 2 is 1.48 bits per heavy atom. The molecule has 0 aliphatic heterocycles. The van der Waals surface area contributed by atoms with Crippen molar-refractivity contribution >= 4 is 12.2 Å². The highest BCUT2D eigenvalue weighted by molar-refractivity contribution is 7.71. The van der Waals surface area contributed by atoms with Crippen LogP contribution in [0, 0.1) is 11.8 Å². The Morgan fingerprint density at radius 1 is 0.966 bits per heavy atom. The van der Waals surface area contributed by atoms with Gasteiger partial charge >= 0.3 is 0 Å². The molecule has 0 aliphatic rings. The maximum absolute atomic E-state index is 10.9. The van der Waals surface area contributed by atoms with Gasteiger partial charge < -0.3 is 9.52 Å². The van der Waals surface area contributed by atoms with E-state index in [9.17, 15) is 5.11 Å². The van der Waals surface area contributed by atoms with Gasteiger partial charge in [0, 0.05) is 5.56 Å². The molecule has 3 aromatic rings. The largest absolute Gasteiger partial charge is 0.507 e. The molecule has 0 saturated carbocycles. The van der Waals surface area contributed by atoms with E-state index in [-0.39, 0.29) is 10.8 Å². The van der Waals surface area contributed by atoms with Gasteiger partial charge in [0.2, 0.25) is 5.89 Å². The van der Waals surface area contributed by atoms with Crippen LogP contribution in [0.25, 0.3) is 11.5 Å². The van der Waals surface area contributed by atoms with Crippen molar-refractivity contribution in [2.24, 2.45) is 0 Å². The van der Waals surface area contributed by atoms with Gasteiger partial charge in [-0.25, -0.2) is 4.68 Å². The summed E-state index contributed by atoms with van der Waals surface area (Å²) in [5.74, 6) is 0.888. The van der Waals surface area contributed by atoms with Crippen LogP contribution in [0.1, 0.15) is 63.8 Å². The van der Waals surface area contributed by atoms with E-state index in [4.69, 9.17) is 16.6 Å². The van der Waals surface area contributed by atoms with E-state index in [0.29, 0.717) is 23.0 Å². The molecule has 1 N–H and O–H groups in total. The van der Waals surface area contributed by atoms with Crippen LogP contribution in [0.2, 0.25) is 0 Å². The third-order valence-electron chi connectivity index (χ3n) is 5.02. The Balaban J connectivity index is 2.04. The Hall–Kier alpha value is -2.40. The number of phenols is 1.